The minimum atomic E-state index is 1.18. The summed E-state index contributed by atoms with van der Waals surface area (Å²) in [6.45, 7) is 9.29. The Hall–Kier alpha value is -0.790. The number of rotatable bonds is 23. The van der Waals surface area contributed by atoms with E-state index >= 15 is 0 Å². The molecule has 1 heterocycles. The maximum Gasteiger partial charge on any atom is 0.256 e. The highest BCUT2D eigenvalue weighted by atomic mass is 15.1. The quantitative estimate of drug-likeness (QED) is 0.120. The molecule has 1 aromatic heterocycles. The third-order valence-corrected chi connectivity index (χ3v) is 6.81. The summed E-state index contributed by atoms with van der Waals surface area (Å²) in [4.78, 5) is 0. The lowest BCUT2D eigenvalue weighted by Crippen LogP contribution is -2.37. The first-order valence-electron chi connectivity index (χ1n) is 14.4. The first kappa shape index (κ1) is 28.2. The van der Waals surface area contributed by atoms with E-state index in [0.29, 0.717) is 0 Å². The number of aromatic nitrogens is 2. The van der Waals surface area contributed by atoms with E-state index in [1.54, 1.807) is 5.82 Å². The molecule has 1 aromatic rings. The van der Waals surface area contributed by atoms with Crippen molar-refractivity contribution in [3.8, 4) is 0 Å². The van der Waals surface area contributed by atoms with Crippen molar-refractivity contribution in [3.05, 3.63) is 18.2 Å². The SMILES string of the molecule is CCCCCCCCCCCCCCCCCn1cc[n+](CCC)c1CCCCCC. The summed E-state index contributed by atoms with van der Waals surface area (Å²) in [6.07, 6.45) is 34.2. The average Bonchev–Trinajstić information content (AvgIpc) is 3.15. The lowest BCUT2D eigenvalue weighted by atomic mass is 10.0. The van der Waals surface area contributed by atoms with Crippen LogP contribution < -0.4 is 4.57 Å². The topological polar surface area (TPSA) is 8.81 Å². The van der Waals surface area contributed by atoms with Gasteiger partial charge in [0.15, 0.2) is 0 Å². The van der Waals surface area contributed by atoms with Gasteiger partial charge in [0.05, 0.1) is 13.1 Å². The molecule has 0 radical (unpaired) electrons. The zero-order chi connectivity index (χ0) is 22.4. The van der Waals surface area contributed by atoms with E-state index in [-0.39, 0.29) is 0 Å². The molecule has 0 aliphatic carbocycles. The molecule has 0 atom stereocenters. The molecular formula is C29H57N2+. The molecule has 0 fully saturated rings. The lowest BCUT2D eigenvalue weighted by molar-refractivity contribution is -0.703. The Bertz CT molecular complexity index is 491. The molecule has 182 valence electrons. The molecule has 0 saturated carbocycles. The van der Waals surface area contributed by atoms with Crippen LogP contribution in [-0.4, -0.2) is 4.57 Å². The van der Waals surface area contributed by atoms with Crippen LogP contribution in [0.15, 0.2) is 12.4 Å². The first-order chi connectivity index (χ1) is 15.3. The fraction of sp³-hybridized carbons (Fsp3) is 0.897. The van der Waals surface area contributed by atoms with Gasteiger partial charge in [0.25, 0.3) is 5.82 Å². The molecule has 2 heteroatoms. The molecule has 0 aromatic carbocycles. The first-order valence-corrected chi connectivity index (χ1v) is 14.4. The Labute approximate surface area is 196 Å². The second kappa shape index (κ2) is 21.1. The molecular weight excluding hydrogens is 376 g/mol. The average molecular weight is 434 g/mol. The molecule has 0 spiro atoms. The predicted octanol–water partition coefficient (Wildman–Crippen LogP) is 9.18. The predicted molar refractivity (Wildman–Crippen MR) is 138 cm³/mol. The van der Waals surface area contributed by atoms with E-state index in [9.17, 15) is 0 Å². The second-order valence-electron chi connectivity index (χ2n) is 9.86. The van der Waals surface area contributed by atoms with Crippen molar-refractivity contribution in [2.45, 2.75) is 169 Å². The van der Waals surface area contributed by atoms with Gasteiger partial charge in [-0.15, -0.1) is 0 Å². The van der Waals surface area contributed by atoms with Gasteiger partial charge in [-0.2, -0.15) is 0 Å². The molecule has 0 aliphatic rings. The summed E-state index contributed by atoms with van der Waals surface area (Å²) in [7, 11) is 0. The fourth-order valence-corrected chi connectivity index (χ4v) is 4.80. The van der Waals surface area contributed by atoms with Crippen LogP contribution in [-0.2, 0) is 19.5 Å². The standard InChI is InChI=1S/C29H57N2/c1-4-7-9-11-12-13-14-15-16-17-18-19-20-21-23-26-31-28-27-30(25-6-3)29(31)24-22-10-8-5-2/h27-28H,4-26H2,1-3H3/q+1. The highest BCUT2D eigenvalue weighted by molar-refractivity contribution is 4.84. The Balaban J connectivity index is 2.03. The van der Waals surface area contributed by atoms with E-state index < -0.39 is 0 Å². The van der Waals surface area contributed by atoms with Crippen LogP contribution in [0.1, 0.15) is 155 Å². The summed E-state index contributed by atoms with van der Waals surface area (Å²) in [5.74, 6) is 1.57. The van der Waals surface area contributed by atoms with Crippen LogP contribution in [0.5, 0.6) is 0 Å². The van der Waals surface area contributed by atoms with Crippen molar-refractivity contribution in [3.63, 3.8) is 0 Å². The number of hydrogen-bond acceptors (Lipinski definition) is 0. The number of imidazole rings is 1. The summed E-state index contributed by atoms with van der Waals surface area (Å²) in [5, 5.41) is 0. The summed E-state index contributed by atoms with van der Waals surface area (Å²) in [6, 6.07) is 0. The molecule has 31 heavy (non-hydrogen) atoms. The summed E-state index contributed by atoms with van der Waals surface area (Å²) < 4.78 is 5.07. The molecule has 0 amide bonds. The molecule has 0 N–H and O–H groups in total. The zero-order valence-electron chi connectivity index (χ0n) is 21.8. The zero-order valence-corrected chi connectivity index (χ0v) is 21.8. The van der Waals surface area contributed by atoms with Crippen LogP contribution in [0.2, 0.25) is 0 Å². The van der Waals surface area contributed by atoms with Crippen molar-refractivity contribution in [2.75, 3.05) is 0 Å². The molecule has 0 bridgehead atoms. The van der Waals surface area contributed by atoms with Gasteiger partial charge in [0.1, 0.15) is 12.4 Å². The van der Waals surface area contributed by atoms with Gasteiger partial charge in [-0.05, 0) is 25.7 Å². The van der Waals surface area contributed by atoms with Gasteiger partial charge < -0.3 is 0 Å². The van der Waals surface area contributed by atoms with Gasteiger partial charge >= 0.3 is 0 Å². The molecule has 0 aliphatic heterocycles. The Morgan fingerprint density at radius 3 is 1.48 bits per heavy atom. The van der Waals surface area contributed by atoms with Crippen LogP contribution in [0.4, 0.5) is 0 Å². The number of hydrogen-bond donors (Lipinski definition) is 0. The minimum absolute atomic E-state index is 1.18. The highest BCUT2D eigenvalue weighted by Gasteiger charge is 2.15. The minimum Gasteiger partial charge on any atom is -0.234 e. The Kier molecular flexibility index (Phi) is 19.2. The van der Waals surface area contributed by atoms with E-state index in [4.69, 9.17) is 0 Å². The van der Waals surface area contributed by atoms with Crippen LogP contribution >= 0.6 is 0 Å². The van der Waals surface area contributed by atoms with Gasteiger partial charge in [0, 0.05) is 6.42 Å². The second-order valence-corrected chi connectivity index (χ2v) is 9.86. The van der Waals surface area contributed by atoms with Gasteiger partial charge in [-0.1, -0.05) is 124 Å². The lowest BCUT2D eigenvalue weighted by Gasteiger charge is -2.06. The van der Waals surface area contributed by atoms with Crippen molar-refractivity contribution in [1.29, 1.82) is 0 Å². The van der Waals surface area contributed by atoms with Gasteiger partial charge in [0.2, 0.25) is 0 Å². The van der Waals surface area contributed by atoms with Gasteiger partial charge in [-0.25, -0.2) is 9.13 Å². The van der Waals surface area contributed by atoms with E-state index in [1.165, 1.54) is 148 Å². The van der Waals surface area contributed by atoms with Crippen molar-refractivity contribution < 1.29 is 4.57 Å². The maximum absolute atomic E-state index is 2.56. The third kappa shape index (κ3) is 14.8. The number of nitrogens with zero attached hydrogens (tertiary/aromatic N) is 2. The number of aryl methyl sites for hydroxylation is 2. The Morgan fingerprint density at radius 1 is 0.548 bits per heavy atom. The Morgan fingerprint density at radius 2 is 1.00 bits per heavy atom. The van der Waals surface area contributed by atoms with Crippen LogP contribution in [0, 0.1) is 0 Å². The van der Waals surface area contributed by atoms with E-state index in [1.807, 2.05) is 0 Å². The van der Waals surface area contributed by atoms with Gasteiger partial charge in [-0.3, -0.25) is 0 Å². The molecule has 0 unspecified atom stereocenters. The van der Waals surface area contributed by atoms with Crippen molar-refractivity contribution in [1.82, 2.24) is 4.57 Å². The molecule has 2 nitrogen and oxygen atoms in total. The highest BCUT2D eigenvalue weighted by Crippen LogP contribution is 2.14. The van der Waals surface area contributed by atoms with Crippen molar-refractivity contribution >= 4 is 0 Å². The molecule has 0 saturated heterocycles. The van der Waals surface area contributed by atoms with Crippen molar-refractivity contribution in [2.24, 2.45) is 0 Å². The summed E-state index contributed by atoms with van der Waals surface area (Å²) in [5.41, 5.74) is 0. The third-order valence-electron chi connectivity index (χ3n) is 6.81. The molecule has 1 rings (SSSR count). The fourth-order valence-electron chi connectivity index (χ4n) is 4.80. The van der Waals surface area contributed by atoms with E-state index in [2.05, 4.69) is 42.3 Å². The smallest absolute Gasteiger partial charge is 0.234 e. The largest absolute Gasteiger partial charge is 0.256 e. The van der Waals surface area contributed by atoms with E-state index in [0.717, 1.165) is 0 Å². The van der Waals surface area contributed by atoms with Crippen LogP contribution in [0.3, 0.4) is 0 Å². The number of unbranched alkanes of at least 4 members (excludes halogenated alkanes) is 17. The monoisotopic (exact) mass is 433 g/mol. The maximum atomic E-state index is 2.56. The van der Waals surface area contributed by atoms with Crippen LogP contribution in [0.25, 0.3) is 0 Å². The normalized spacial score (nSPS) is 11.5. The summed E-state index contributed by atoms with van der Waals surface area (Å²) >= 11 is 0.